The lowest BCUT2D eigenvalue weighted by molar-refractivity contribution is -0.122. The molecule has 19 heavy (non-hydrogen) atoms. The maximum Gasteiger partial charge on any atom is 0.276 e. The van der Waals surface area contributed by atoms with Crippen LogP contribution < -0.4 is 5.32 Å². The Bertz CT molecular complexity index is 602. The van der Waals surface area contributed by atoms with Crippen LogP contribution in [-0.2, 0) is 4.79 Å². The topological polar surface area (TPSA) is 52.6 Å². The fourth-order valence-corrected chi connectivity index (χ4v) is 3.92. The molecule has 1 saturated heterocycles. The van der Waals surface area contributed by atoms with Gasteiger partial charge in [0.25, 0.3) is 5.91 Å². The van der Waals surface area contributed by atoms with Crippen LogP contribution in [0.5, 0.6) is 5.75 Å². The van der Waals surface area contributed by atoms with E-state index in [1.807, 2.05) is 19.1 Å². The highest BCUT2D eigenvalue weighted by Gasteiger charge is 2.29. The van der Waals surface area contributed by atoms with Gasteiger partial charge in [-0.25, -0.2) is 0 Å². The van der Waals surface area contributed by atoms with Crippen LogP contribution in [0.4, 0.5) is 0 Å². The first-order chi connectivity index (χ1) is 8.93. The van der Waals surface area contributed by atoms with Crippen molar-refractivity contribution in [3.63, 3.8) is 0 Å². The molecule has 1 fully saturated rings. The summed E-state index contributed by atoms with van der Waals surface area (Å²) in [6, 6.07) is 3.68. The lowest BCUT2D eigenvalue weighted by Crippen LogP contribution is -2.30. The highest BCUT2D eigenvalue weighted by atomic mass is 127. The third-order valence-electron chi connectivity index (χ3n) is 2.64. The SMILES string of the molecule is CCN1C(=O)/C(=C/c2cc(I)cc(I)c2O)NC1=S. The van der Waals surface area contributed by atoms with Crippen molar-refractivity contribution in [1.29, 1.82) is 0 Å². The van der Waals surface area contributed by atoms with E-state index in [9.17, 15) is 9.90 Å². The molecule has 1 aliphatic heterocycles. The lowest BCUT2D eigenvalue weighted by Gasteiger charge is -2.09. The molecule has 0 aromatic heterocycles. The van der Waals surface area contributed by atoms with Crippen molar-refractivity contribution in [3.8, 4) is 5.75 Å². The minimum absolute atomic E-state index is 0.166. The second kappa shape index (κ2) is 5.92. The average molecular weight is 500 g/mol. The van der Waals surface area contributed by atoms with Crippen molar-refractivity contribution in [3.05, 3.63) is 30.5 Å². The third kappa shape index (κ3) is 3.02. The predicted octanol–water partition coefficient (Wildman–Crippen LogP) is 2.68. The molecule has 0 radical (unpaired) electrons. The number of nitrogens with zero attached hydrogens (tertiary/aromatic N) is 1. The summed E-state index contributed by atoms with van der Waals surface area (Å²) in [6.07, 6.45) is 1.63. The Hall–Kier alpha value is -0.420. The molecule has 0 saturated carbocycles. The molecule has 0 spiro atoms. The minimum Gasteiger partial charge on any atom is -0.506 e. The number of hydrogen-bond acceptors (Lipinski definition) is 3. The number of likely N-dealkylation sites (N-methyl/N-ethyl adjacent to an activating group) is 1. The van der Waals surface area contributed by atoms with E-state index in [1.54, 1.807) is 6.08 Å². The molecule has 4 nitrogen and oxygen atoms in total. The summed E-state index contributed by atoms with van der Waals surface area (Å²) in [7, 11) is 0. The number of phenolic OH excluding ortho intramolecular Hbond substituents is 1. The van der Waals surface area contributed by atoms with E-state index in [0.717, 1.165) is 7.14 Å². The van der Waals surface area contributed by atoms with Crippen LogP contribution in [0.25, 0.3) is 6.08 Å². The molecular formula is C12H10I2N2O2S. The average Bonchev–Trinajstić information content (AvgIpc) is 2.60. The van der Waals surface area contributed by atoms with E-state index in [4.69, 9.17) is 12.2 Å². The molecule has 1 aromatic carbocycles. The van der Waals surface area contributed by atoms with Gasteiger partial charge < -0.3 is 10.4 Å². The summed E-state index contributed by atoms with van der Waals surface area (Å²) in [5.74, 6) is 0.00440. The third-order valence-corrected chi connectivity index (χ3v) is 4.40. The number of hydrogen-bond donors (Lipinski definition) is 2. The van der Waals surface area contributed by atoms with E-state index in [0.29, 0.717) is 22.9 Å². The van der Waals surface area contributed by atoms with Crippen molar-refractivity contribution >= 4 is 74.5 Å². The zero-order valence-corrected chi connectivity index (χ0v) is 15.0. The Kier molecular flexibility index (Phi) is 4.66. The molecule has 7 heteroatoms. The van der Waals surface area contributed by atoms with Crippen molar-refractivity contribution in [1.82, 2.24) is 10.2 Å². The fraction of sp³-hybridized carbons (Fsp3) is 0.167. The molecule has 0 aliphatic carbocycles. The van der Waals surface area contributed by atoms with Crippen molar-refractivity contribution < 1.29 is 9.90 Å². The van der Waals surface area contributed by atoms with Gasteiger partial charge in [0.15, 0.2) is 5.11 Å². The quantitative estimate of drug-likeness (QED) is 0.373. The smallest absolute Gasteiger partial charge is 0.276 e. The van der Waals surface area contributed by atoms with Crippen LogP contribution in [0.2, 0.25) is 0 Å². The van der Waals surface area contributed by atoms with Gasteiger partial charge in [-0.3, -0.25) is 9.69 Å². The van der Waals surface area contributed by atoms with Crippen LogP contribution in [0.1, 0.15) is 12.5 Å². The zero-order valence-electron chi connectivity index (χ0n) is 9.91. The maximum atomic E-state index is 12.1. The number of carbonyl (C=O) groups is 1. The Morgan fingerprint density at radius 1 is 1.47 bits per heavy atom. The standard InChI is InChI=1S/C12H10I2N2O2S/c1-2-16-11(18)9(15-12(16)19)4-6-3-7(13)5-8(14)10(6)17/h3-5,17H,2H2,1H3,(H,15,19)/b9-4-. The summed E-state index contributed by atoms with van der Waals surface area (Å²) >= 11 is 9.31. The van der Waals surface area contributed by atoms with Gasteiger partial charge in [0.05, 0.1) is 3.57 Å². The van der Waals surface area contributed by atoms with E-state index < -0.39 is 0 Å². The number of amides is 1. The first-order valence-corrected chi connectivity index (χ1v) is 8.03. The number of benzene rings is 1. The zero-order chi connectivity index (χ0) is 14.2. The summed E-state index contributed by atoms with van der Waals surface area (Å²) in [5, 5.41) is 13.3. The number of carbonyl (C=O) groups excluding carboxylic acids is 1. The van der Waals surface area contributed by atoms with E-state index in [2.05, 4.69) is 50.5 Å². The van der Waals surface area contributed by atoms with Crippen LogP contribution in [0, 0.1) is 7.14 Å². The summed E-state index contributed by atoms with van der Waals surface area (Å²) in [4.78, 5) is 13.5. The Morgan fingerprint density at radius 2 is 2.16 bits per heavy atom. The highest BCUT2D eigenvalue weighted by molar-refractivity contribution is 14.1. The van der Waals surface area contributed by atoms with Crippen LogP contribution in [-0.4, -0.2) is 27.6 Å². The monoisotopic (exact) mass is 500 g/mol. The van der Waals surface area contributed by atoms with E-state index >= 15 is 0 Å². The van der Waals surface area contributed by atoms with Gasteiger partial charge in [-0.15, -0.1) is 0 Å². The number of aromatic hydroxyl groups is 1. The minimum atomic E-state index is -0.166. The van der Waals surface area contributed by atoms with Gasteiger partial charge in [-0.05, 0) is 82.5 Å². The number of thiocarbonyl (C=S) groups is 1. The first kappa shape index (κ1) is 15.0. The molecule has 1 aliphatic rings. The van der Waals surface area contributed by atoms with E-state index in [1.165, 1.54) is 4.90 Å². The fourth-order valence-electron chi connectivity index (χ4n) is 1.71. The Labute approximate surface area is 143 Å². The summed E-state index contributed by atoms with van der Waals surface area (Å²) in [6.45, 7) is 2.39. The first-order valence-electron chi connectivity index (χ1n) is 5.46. The number of nitrogens with one attached hydrogen (secondary N) is 1. The van der Waals surface area contributed by atoms with Gasteiger partial charge in [-0.1, -0.05) is 0 Å². The molecule has 0 unspecified atom stereocenters. The lowest BCUT2D eigenvalue weighted by atomic mass is 10.1. The van der Waals surface area contributed by atoms with Gasteiger partial charge in [-0.2, -0.15) is 0 Å². The Morgan fingerprint density at radius 3 is 2.74 bits per heavy atom. The van der Waals surface area contributed by atoms with Crippen LogP contribution in [0.3, 0.4) is 0 Å². The summed E-state index contributed by atoms with van der Waals surface area (Å²) in [5.41, 5.74) is 0.993. The van der Waals surface area contributed by atoms with Gasteiger partial charge in [0.1, 0.15) is 11.4 Å². The van der Waals surface area contributed by atoms with Gasteiger partial charge in [0.2, 0.25) is 0 Å². The molecule has 1 aromatic rings. The van der Waals surface area contributed by atoms with Crippen molar-refractivity contribution in [2.45, 2.75) is 6.92 Å². The molecule has 2 N–H and O–H groups in total. The molecular weight excluding hydrogens is 490 g/mol. The molecule has 1 heterocycles. The Balaban J connectivity index is 2.43. The van der Waals surface area contributed by atoms with Crippen LogP contribution in [0.15, 0.2) is 17.8 Å². The number of phenols is 1. The normalized spacial score (nSPS) is 17.2. The second-order valence-electron chi connectivity index (χ2n) is 3.86. The number of rotatable bonds is 2. The molecule has 0 bridgehead atoms. The molecule has 0 atom stereocenters. The second-order valence-corrected chi connectivity index (χ2v) is 6.66. The van der Waals surface area contributed by atoms with Gasteiger partial charge >= 0.3 is 0 Å². The largest absolute Gasteiger partial charge is 0.506 e. The number of halogens is 2. The van der Waals surface area contributed by atoms with E-state index in [-0.39, 0.29) is 11.7 Å². The molecule has 2 rings (SSSR count). The van der Waals surface area contributed by atoms with Crippen LogP contribution >= 0.6 is 57.4 Å². The summed E-state index contributed by atoms with van der Waals surface area (Å²) < 4.78 is 1.74. The van der Waals surface area contributed by atoms with Crippen molar-refractivity contribution in [2.75, 3.05) is 6.54 Å². The van der Waals surface area contributed by atoms with Gasteiger partial charge in [0, 0.05) is 15.7 Å². The molecule has 100 valence electrons. The molecule has 1 amide bonds. The maximum absolute atomic E-state index is 12.1. The highest BCUT2D eigenvalue weighted by Crippen LogP contribution is 2.29. The predicted molar refractivity (Wildman–Crippen MR) is 94.6 cm³/mol. The van der Waals surface area contributed by atoms with Crippen molar-refractivity contribution in [2.24, 2.45) is 0 Å².